The predicted octanol–water partition coefficient (Wildman–Crippen LogP) is 0.931. The van der Waals surface area contributed by atoms with Crippen LogP contribution in [-0.2, 0) is 4.79 Å². The highest BCUT2D eigenvalue weighted by molar-refractivity contribution is 5.95. The van der Waals surface area contributed by atoms with Gasteiger partial charge in [0.15, 0.2) is 6.61 Å². The number of carbonyl (C=O) groups excluding carboxylic acids is 1. The number of aromatic nitrogens is 2. The van der Waals surface area contributed by atoms with Crippen LogP contribution >= 0.6 is 0 Å². The van der Waals surface area contributed by atoms with Crippen molar-refractivity contribution in [2.45, 2.75) is 19.8 Å². The molecule has 1 aliphatic rings. The Morgan fingerprint density at radius 3 is 3.00 bits per heavy atom. The molecule has 1 N–H and O–H groups in total. The number of ether oxygens (including phenoxy) is 1. The van der Waals surface area contributed by atoms with E-state index in [0.29, 0.717) is 11.6 Å². The van der Waals surface area contributed by atoms with E-state index >= 15 is 0 Å². The van der Waals surface area contributed by atoms with E-state index in [1.54, 1.807) is 0 Å². The first-order valence-corrected chi connectivity index (χ1v) is 4.46. The zero-order chi connectivity index (χ0) is 10.1. The van der Waals surface area contributed by atoms with Crippen LogP contribution in [-0.4, -0.2) is 22.5 Å². The van der Waals surface area contributed by atoms with E-state index in [1.165, 1.54) is 6.33 Å². The summed E-state index contributed by atoms with van der Waals surface area (Å²) in [6, 6.07) is 0. The first kappa shape index (κ1) is 8.93. The number of nitrogens with zero attached hydrogens (tertiary/aromatic N) is 2. The Balaban J connectivity index is 2.48. The SMILES string of the molecule is CC(C)c1ncnc2c1NC(=O)CO2. The molecule has 0 aliphatic carbocycles. The van der Waals surface area contributed by atoms with E-state index < -0.39 is 0 Å². The van der Waals surface area contributed by atoms with Crippen molar-refractivity contribution in [2.75, 3.05) is 11.9 Å². The van der Waals surface area contributed by atoms with Crippen LogP contribution in [0.2, 0.25) is 0 Å². The average molecular weight is 193 g/mol. The van der Waals surface area contributed by atoms with Crippen molar-refractivity contribution in [2.24, 2.45) is 0 Å². The topological polar surface area (TPSA) is 64.1 Å². The summed E-state index contributed by atoms with van der Waals surface area (Å²) < 4.78 is 5.16. The third-order valence-electron chi connectivity index (χ3n) is 1.99. The quantitative estimate of drug-likeness (QED) is 0.720. The maximum Gasteiger partial charge on any atom is 0.262 e. The van der Waals surface area contributed by atoms with Crippen LogP contribution < -0.4 is 10.1 Å². The van der Waals surface area contributed by atoms with Crippen molar-refractivity contribution >= 4 is 11.6 Å². The average Bonchev–Trinajstić information content (AvgIpc) is 2.16. The molecule has 0 spiro atoms. The lowest BCUT2D eigenvalue weighted by atomic mass is 10.1. The Morgan fingerprint density at radius 2 is 2.29 bits per heavy atom. The summed E-state index contributed by atoms with van der Waals surface area (Å²) in [4.78, 5) is 19.2. The predicted molar refractivity (Wildman–Crippen MR) is 50.2 cm³/mol. The second-order valence-electron chi connectivity index (χ2n) is 3.43. The smallest absolute Gasteiger partial charge is 0.262 e. The van der Waals surface area contributed by atoms with E-state index in [0.717, 1.165) is 5.69 Å². The Bertz CT molecular complexity index is 376. The normalized spacial score (nSPS) is 14.6. The molecule has 0 saturated heterocycles. The number of fused-ring (bicyclic) bond motifs is 1. The Hall–Kier alpha value is -1.65. The molecule has 0 bridgehead atoms. The molecule has 14 heavy (non-hydrogen) atoms. The fourth-order valence-corrected chi connectivity index (χ4v) is 1.36. The van der Waals surface area contributed by atoms with Gasteiger partial charge in [-0.3, -0.25) is 4.79 Å². The molecule has 0 unspecified atom stereocenters. The minimum Gasteiger partial charge on any atom is -0.466 e. The molecule has 0 saturated carbocycles. The molecule has 0 fully saturated rings. The van der Waals surface area contributed by atoms with Crippen LogP contribution in [0.15, 0.2) is 6.33 Å². The molecule has 0 aromatic carbocycles. The first-order chi connectivity index (χ1) is 6.68. The molecule has 2 heterocycles. The number of carbonyl (C=O) groups is 1. The van der Waals surface area contributed by atoms with Crippen LogP contribution in [0.3, 0.4) is 0 Å². The number of hydrogen-bond acceptors (Lipinski definition) is 4. The van der Waals surface area contributed by atoms with Gasteiger partial charge < -0.3 is 10.1 Å². The molecule has 0 radical (unpaired) electrons. The molecule has 74 valence electrons. The molecule has 5 nitrogen and oxygen atoms in total. The summed E-state index contributed by atoms with van der Waals surface area (Å²) in [5.41, 5.74) is 1.42. The van der Waals surface area contributed by atoms with Gasteiger partial charge >= 0.3 is 0 Å². The van der Waals surface area contributed by atoms with Gasteiger partial charge in [0.05, 0.1) is 5.69 Å². The van der Waals surface area contributed by atoms with Gasteiger partial charge in [0.2, 0.25) is 5.88 Å². The van der Waals surface area contributed by atoms with E-state index in [1.807, 2.05) is 13.8 Å². The standard InChI is InChI=1S/C9H11N3O2/c1-5(2)7-8-9(11-4-10-7)14-3-6(13)12-8/h4-5H,3H2,1-2H3,(H,12,13). The molecular formula is C9H11N3O2. The van der Waals surface area contributed by atoms with Crippen molar-refractivity contribution in [3.63, 3.8) is 0 Å². The summed E-state index contributed by atoms with van der Waals surface area (Å²) in [6.07, 6.45) is 1.45. The van der Waals surface area contributed by atoms with Gasteiger partial charge in [0.1, 0.15) is 12.0 Å². The molecule has 5 heteroatoms. The molecule has 1 aromatic rings. The minimum absolute atomic E-state index is 0.0293. The maximum absolute atomic E-state index is 11.1. The second kappa shape index (κ2) is 3.25. The summed E-state index contributed by atoms with van der Waals surface area (Å²) in [7, 11) is 0. The molecule has 2 rings (SSSR count). The lowest BCUT2D eigenvalue weighted by Gasteiger charge is -2.19. The second-order valence-corrected chi connectivity index (χ2v) is 3.43. The molecule has 0 atom stereocenters. The lowest BCUT2D eigenvalue weighted by molar-refractivity contribution is -0.118. The van der Waals surface area contributed by atoms with Crippen molar-refractivity contribution in [1.82, 2.24) is 9.97 Å². The van der Waals surface area contributed by atoms with E-state index in [4.69, 9.17) is 4.74 Å². The van der Waals surface area contributed by atoms with Gasteiger partial charge in [-0.1, -0.05) is 13.8 Å². The highest BCUT2D eigenvalue weighted by Crippen LogP contribution is 2.31. The highest BCUT2D eigenvalue weighted by Gasteiger charge is 2.22. The highest BCUT2D eigenvalue weighted by atomic mass is 16.5. The molecule has 1 aromatic heterocycles. The Kier molecular flexibility index (Phi) is 2.07. The summed E-state index contributed by atoms with van der Waals surface area (Å²) in [5.74, 6) is 0.534. The summed E-state index contributed by atoms with van der Waals surface area (Å²) >= 11 is 0. The zero-order valence-electron chi connectivity index (χ0n) is 8.07. The number of anilines is 1. The van der Waals surface area contributed by atoms with E-state index in [2.05, 4.69) is 15.3 Å². The third-order valence-corrected chi connectivity index (χ3v) is 1.99. The maximum atomic E-state index is 11.1. The Labute approximate surface area is 81.5 Å². The van der Waals surface area contributed by atoms with Gasteiger partial charge in [-0.05, 0) is 5.92 Å². The number of nitrogens with one attached hydrogen (secondary N) is 1. The molecule has 1 amide bonds. The van der Waals surface area contributed by atoms with Gasteiger partial charge in [0.25, 0.3) is 5.91 Å². The first-order valence-electron chi connectivity index (χ1n) is 4.46. The van der Waals surface area contributed by atoms with Crippen molar-refractivity contribution in [3.05, 3.63) is 12.0 Å². The summed E-state index contributed by atoms with van der Waals surface area (Å²) in [6.45, 7) is 4.04. The largest absolute Gasteiger partial charge is 0.466 e. The van der Waals surface area contributed by atoms with Gasteiger partial charge in [-0.2, -0.15) is 4.98 Å². The van der Waals surface area contributed by atoms with Crippen molar-refractivity contribution in [3.8, 4) is 5.88 Å². The number of rotatable bonds is 1. The summed E-state index contributed by atoms with van der Waals surface area (Å²) in [5, 5.41) is 2.72. The minimum atomic E-state index is -0.158. The van der Waals surface area contributed by atoms with Crippen LogP contribution in [0, 0.1) is 0 Å². The van der Waals surface area contributed by atoms with Gasteiger partial charge in [-0.15, -0.1) is 0 Å². The van der Waals surface area contributed by atoms with Crippen LogP contribution in [0.4, 0.5) is 5.69 Å². The van der Waals surface area contributed by atoms with Crippen LogP contribution in [0.5, 0.6) is 5.88 Å². The fraction of sp³-hybridized carbons (Fsp3) is 0.444. The van der Waals surface area contributed by atoms with Crippen LogP contribution in [0.25, 0.3) is 0 Å². The van der Waals surface area contributed by atoms with Crippen molar-refractivity contribution in [1.29, 1.82) is 0 Å². The monoisotopic (exact) mass is 193 g/mol. The van der Waals surface area contributed by atoms with E-state index in [9.17, 15) is 4.79 Å². The fourth-order valence-electron chi connectivity index (χ4n) is 1.36. The number of amides is 1. The van der Waals surface area contributed by atoms with E-state index in [-0.39, 0.29) is 18.4 Å². The third kappa shape index (κ3) is 1.41. The van der Waals surface area contributed by atoms with Crippen LogP contribution in [0.1, 0.15) is 25.5 Å². The zero-order valence-corrected chi connectivity index (χ0v) is 8.07. The van der Waals surface area contributed by atoms with Gasteiger partial charge in [-0.25, -0.2) is 4.98 Å². The van der Waals surface area contributed by atoms with Crippen molar-refractivity contribution < 1.29 is 9.53 Å². The number of hydrogen-bond donors (Lipinski definition) is 1. The Morgan fingerprint density at radius 1 is 1.50 bits per heavy atom. The molecular weight excluding hydrogens is 182 g/mol. The van der Waals surface area contributed by atoms with Gasteiger partial charge in [0, 0.05) is 0 Å². The molecule has 1 aliphatic heterocycles. The lowest BCUT2D eigenvalue weighted by Crippen LogP contribution is -2.27.